The van der Waals surface area contributed by atoms with E-state index in [0.717, 1.165) is 0 Å². The summed E-state index contributed by atoms with van der Waals surface area (Å²) in [5.41, 5.74) is -0.159. The van der Waals surface area contributed by atoms with Crippen LogP contribution in [0.1, 0.15) is 44.1 Å². The highest BCUT2D eigenvalue weighted by molar-refractivity contribution is 5.92. The van der Waals surface area contributed by atoms with Gasteiger partial charge in [0.25, 0.3) is 5.91 Å². The fourth-order valence-corrected chi connectivity index (χ4v) is 2.27. The smallest absolute Gasteiger partial charge is 0.407 e. The largest absolute Gasteiger partial charge is 0.444 e. The van der Waals surface area contributed by atoms with Crippen LogP contribution in [0.5, 0.6) is 0 Å². The van der Waals surface area contributed by atoms with E-state index in [1.807, 2.05) is 20.8 Å². The molecule has 0 saturated carbocycles. The van der Waals surface area contributed by atoms with Crippen LogP contribution in [0.3, 0.4) is 0 Å². The van der Waals surface area contributed by atoms with E-state index in [2.05, 4.69) is 15.3 Å². The number of aromatic nitrogens is 2. The third-order valence-corrected chi connectivity index (χ3v) is 3.29. The molecule has 0 aromatic carbocycles. The summed E-state index contributed by atoms with van der Waals surface area (Å²) in [6.07, 6.45) is 5.49. The molecule has 0 spiro atoms. The van der Waals surface area contributed by atoms with Crippen molar-refractivity contribution in [3.05, 3.63) is 24.3 Å². The summed E-state index contributed by atoms with van der Waals surface area (Å²) in [7, 11) is 0. The minimum Gasteiger partial charge on any atom is -0.444 e. The van der Waals surface area contributed by atoms with Crippen molar-refractivity contribution in [2.24, 2.45) is 0 Å². The quantitative estimate of drug-likeness (QED) is 0.897. The van der Waals surface area contributed by atoms with Gasteiger partial charge in [-0.2, -0.15) is 0 Å². The molecule has 7 nitrogen and oxygen atoms in total. The Bertz CT molecular complexity index is 519. The second kappa shape index (κ2) is 6.72. The molecule has 2 heterocycles. The molecule has 120 valence electrons. The number of piperidine rings is 1. The molecule has 2 amide bonds. The number of likely N-dealkylation sites (tertiary alicyclic amines) is 1. The van der Waals surface area contributed by atoms with E-state index < -0.39 is 11.7 Å². The summed E-state index contributed by atoms with van der Waals surface area (Å²) < 4.78 is 5.24. The van der Waals surface area contributed by atoms with Crippen molar-refractivity contribution in [2.75, 3.05) is 13.1 Å². The van der Waals surface area contributed by atoms with Crippen LogP contribution >= 0.6 is 0 Å². The first-order chi connectivity index (χ1) is 10.3. The van der Waals surface area contributed by atoms with Gasteiger partial charge in [-0.15, -0.1) is 0 Å². The first-order valence-corrected chi connectivity index (χ1v) is 7.40. The Hall–Kier alpha value is -2.18. The minimum absolute atomic E-state index is 0.0285. The van der Waals surface area contributed by atoms with E-state index in [1.54, 1.807) is 4.90 Å². The summed E-state index contributed by atoms with van der Waals surface area (Å²) >= 11 is 0. The lowest BCUT2D eigenvalue weighted by molar-refractivity contribution is 0.0473. The molecule has 1 aliphatic rings. The van der Waals surface area contributed by atoms with Crippen molar-refractivity contribution in [1.29, 1.82) is 0 Å². The Kier molecular flexibility index (Phi) is 4.95. The van der Waals surface area contributed by atoms with Crippen LogP contribution in [0.2, 0.25) is 0 Å². The Morgan fingerprint density at radius 2 is 1.95 bits per heavy atom. The fourth-order valence-electron chi connectivity index (χ4n) is 2.27. The third-order valence-electron chi connectivity index (χ3n) is 3.29. The highest BCUT2D eigenvalue weighted by atomic mass is 16.6. The zero-order valence-electron chi connectivity index (χ0n) is 13.2. The van der Waals surface area contributed by atoms with Crippen molar-refractivity contribution in [3.63, 3.8) is 0 Å². The summed E-state index contributed by atoms with van der Waals surface area (Å²) in [5, 5.41) is 2.85. The minimum atomic E-state index is -0.507. The normalized spacial score (nSPS) is 16.2. The number of ether oxygens (including phenoxy) is 1. The molecule has 7 heteroatoms. The second-order valence-electron chi connectivity index (χ2n) is 6.30. The monoisotopic (exact) mass is 306 g/mol. The second-order valence-corrected chi connectivity index (χ2v) is 6.30. The molecule has 1 aliphatic heterocycles. The molecular formula is C15H22N4O3. The molecule has 22 heavy (non-hydrogen) atoms. The summed E-state index contributed by atoms with van der Waals surface area (Å²) in [4.78, 5) is 33.6. The van der Waals surface area contributed by atoms with Gasteiger partial charge in [-0.3, -0.25) is 9.78 Å². The molecule has 1 N–H and O–H groups in total. The SMILES string of the molecule is CC(C)(C)OC(=O)NC1CCN(C(=O)c2cnccn2)CC1. The average Bonchev–Trinajstić information content (AvgIpc) is 2.46. The van der Waals surface area contributed by atoms with Crippen LogP contribution in [-0.4, -0.2) is 51.6 Å². The van der Waals surface area contributed by atoms with Gasteiger partial charge in [0, 0.05) is 31.5 Å². The molecule has 0 radical (unpaired) electrons. The van der Waals surface area contributed by atoms with Crippen molar-refractivity contribution in [1.82, 2.24) is 20.2 Å². The zero-order valence-corrected chi connectivity index (χ0v) is 13.2. The van der Waals surface area contributed by atoms with E-state index in [9.17, 15) is 9.59 Å². The van der Waals surface area contributed by atoms with E-state index in [4.69, 9.17) is 4.74 Å². The Morgan fingerprint density at radius 1 is 1.27 bits per heavy atom. The topological polar surface area (TPSA) is 84.4 Å². The van der Waals surface area contributed by atoms with Crippen molar-refractivity contribution >= 4 is 12.0 Å². The van der Waals surface area contributed by atoms with Gasteiger partial charge in [0.2, 0.25) is 0 Å². The van der Waals surface area contributed by atoms with Gasteiger partial charge < -0.3 is 15.0 Å². The van der Waals surface area contributed by atoms with E-state index in [1.165, 1.54) is 18.6 Å². The molecule has 0 atom stereocenters. The Balaban J connectivity index is 1.81. The predicted octanol–water partition coefficient (Wildman–Crippen LogP) is 1.61. The predicted molar refractivity (Wildman–Crippen MR) is 80.3 cm³/mol. The molecule has 1 fully saturated rings. The maximum Gasteiger partial charge on any atom is 0.407 e. The van der Waals surface area contributed by atoms with Gasteiger partial charge >= 0.3 is 6.09 Å². The van der Waals surface area contributed by atoms with Crippen LogP contribution in [0.15, 0.2) is 18.6 Å². The number of hydrogen-bond donors (Lipinski definition) is 1. The van der Waals surface area contributed by atoms with Crippen molar-refractivity contribution < 1.29 is 14.3 Å². The molecule has 1 aromatic rings. The van der Waals surface area contributed by atoms with E-state index in [0.29, 0.717) is 31.6 Å². The average molecular weight is 306 g/mol. The highest BCUT2D eigenvalue weighted by Crippen LogP contribution is 2.14. The number of nitrogens with one attached hydrogen (secondary N) is 1. The molecule has 0 aliphatic carbocycles. The van der Waals surface area contributed by atoms with Crippen molar-refractivity contribution in [3.8, 4) is 0 Å². The standard InChI is InChI=1S/C15H22N4O3/c1-15(2,3)22-14(21)18-11-4-8-19(9-5-11)13(20)12-10-16-6-7-17-12/h6-7,10-11H,4-5,8-9H2,1-3H3,(H,18,21). The van der Waals surface area contributed by atoms with Gasteiger partial charge in [0.1, 0.15) is 11.3 Å². The number of nitrogens with zero attached hydrogens (tertiary/aromatic N) is 3. The zero-order chi connectivity index (χ0) is 16.2. The van der Waals surface area contributed by atoms with E-state index >= 15 is 0 Å². The van der Waals surface area contributed by atoms with Crippen LogP contribution in [-0.2, 0) is 4.74 Å². The number of rotatable bonds is 2. The fraction of sp³-hybridized carbons (Fsp3) is 0.600. The lowest BCUT2D eigenvalue weighted by atomic mass is 10.0. The first kappa shape index (κ1) is 16.2. The lowest BCUT2D eigenvalue weighted by Gasteiger charge is -2.32. The highest BCUT2D eigenvalue weighted by Gasteiger charge is 2.26. The third kappa shape index (κ3) is 4.68. The summed E-state index contributed by atoms with van der Waals surface area (Å²) in [6, 6.07) is 0.0285. The number of carbonyl (C=O) groups excluding carboxylic acids is 2. The van der Waals surface area contributed by atoms with Crippen LogP contribution in [0, 0.1) is 0 Å². The van der Waals surface area contributed by atoms with Gasteiger partial charge in [-0.05, 0) is 33.6 Å². The maximum atomic E-state index is 12.2. The first-order valence-electron chi connectivity index (χ1n) is 7.40. The molecule has 1 saturated heterocycles. The molecule has 2 rings (SSSR count). The number of alkyl carbamates (subject to hydrolysis) is 1. The lowest BCUT2D eigenvalue weighted by Crippen LogP contribution is -2.47. The van der Waals surface area contributed by atoms with Gasteiger partial charge in [-0.1, -0.05) is 0 Å². The molecule has 0 unspecified atom stereocenters. The number of amides is 2. The Labute approximate surface area is 130 Å². The van der Waals surface area contributed by atoms with Gasteiger partial charge in [0.05, 0.1) is 6.20 Å². The van der Waals surface area contributed by atoms with Crippen LogP contribution in [0.4, 0.5) is 4.79 Å². The summed E-state index contributed by atoms with van der Waals surface area (Å²) in [5.74, 6) is -0.121. The van der Waals surface area contributed by atoms with Crippen molar-refractivity contribution in [2.45, 2.75) is 45.3 Å². The molecule has 0 bridgehead atoms. The van der Waals surface area contributed by atoms with Crippen LogP contribution in [0.25, 0.3) is 0 Å². The Morgan fingerprint density at radius 3 is 2.50 bits per heavy atom. The van der Waals surface area contributed by atoms with E-state index in [-0.39, 0.29) is 11.9 Å². The number of hydrogen-bond acceptors (Lipinski definition) is 5. The summed E-state index contributed by atoms with van der Waals surface area (Å²) in [6.45, 7) is 6.64. The maximum absolute atomic E-state index is 12.2. The number of carbonyl (C=O) groups is 2. The van der Waals surface area contributed by atoms with Gasteiger partial charge in [0.15, 0.2) is 0 Å². The van der Waals surface area contributed by atoms with Gasteiger partial charge in [-0.25, -0.2) is 9.78 Å². The molecule has 1 aromatic heterocycles. The van der Waals surface area contributed by atoms with Crippen LogP contribution < -0.4 is 5.32 Å². The molecular weight excluding hydrogens is 284 g/mol.